The Hall–Kier alpha value is -2.79. The Labute approximate surface area is 130 Å². The second-order valence-corrected chi connectivity index (χ2v) is 5.08. The van der Waals surface area contributed by atoms with Crippen LogP contribution in [0, 0.1) is 11.3 Å². The van der Waals surface area contributed by atoms with Crippen molar-refractivity contribution in [3.05, 3.63) is 46.5 Å². The molecule has 2 aromatic heterocycles. The highest BCUT2D eigenvalue weighted by atomic mass is 32.1. The lowest BCUT2D eigenvalue weighted by atomic mass is 10.2. The summed E-state index contributed by atoms with van der Waals surface area (Å²) >= 11 is 1.44. The molecule has 114 valence electrons. The van der Waals surface area contributed by atoms with Gasteiger partial charge in [0.05, 0.1) is 25.4 Å². The molecule has 2 rings (SSSR count). The molecule has 0 bridgehead atoms. The molecule has 7 nitrogen and oxygen atoms in total. The molecule has 0 saturated carbocycles. The summed E-state index contributed by atoms with van der Waals surface area (Å²) in [6.07, 6.45) is 1.51. The van der Waals surface area contributed by atoms with Crippen molar-refractivity contribution in [1.29, 1.82) is 5.26 Å². The number of carbonyl (C=O) groups is 2. The van der Waals surface area contributed by atoms with Crippen molar-refractivity contribution in [2.75, 3.05) is 6.54 Å². The standard InChI is InChI=1S/C14H14N4O3S/c15-6-12(10-3-5-22-9-10)18-13(19)8-17-14(20)16-7-11-2-1-4-21-11/h1-5,9,12H,7-8H2,(H,18,19)(H2,16,17,20)/t12-/m1/s1. The Morgan fingerprint density at radius 1 is 1.36 bits per heavy atom. The van der Waals surface area contributed by atoms with Gasteiger partial charge in [-0.2, -0.15) is 16.6 Å². The fourth-order valence-corrected chi connectivity index (χ4v) is 2.33. The van der Waals surface area contributed by atoms with Gasteiger partial charge in [0.1, 0.15) is 11.8 Å². The number of furan rings is 1. The van der Waals surface area contributed by atoms with Crippen LogP contribution < -0.4 is 16.0 Å². The maximum Gasteiger partial charge on any atom is 0.315 e. The van der Waals surface area contributed by atoms with E-state index in [1.807, 2.05) is 11.4 Å². The number of hydrogen-bond donors (Lipinski definition) is 3. The molecule has 0 fully saturated rings. The molecule has 0 aliphatic carbocycles. The maximum absolute atomic E-state index is 11.7. The van der Waals surface area contributed by atoms with Crippen molar-refractivity contribution in [1.82, 2.24) is 16.0 Å². The molecular formula is C14H14N4O3S. The van der Waals surface area contributed by atoms with Crippen LogP contribution in [-0.2, 0) is 11.3 Å². The molecule has 2 heterocycles. The summed E-state index contributed by atoms with van der Waals surface area (Å²) in [5.74, 6) is 0.174. The monoisotopic (exact) mass is 318 g/mol. The Bertz CT molecular complexity index is 646. The summed E-state index contributed by atoms with van der Waals surface area (Å²) in [6.45, 7) is 0.0164. The fraction of sp³-hybridized carbons (Fsp3) is 0.214. The second kappa shape index (κ2) is 7.85. The number of nitriles is 1. The van der Waals surface area contributed by atoms with E-state index in [2.05, 4.69) is 16.0 Å². The van der Waals surface area contributed by atoms with Crippen molar-refractivity contribution in [2.24, 2.45) is 0 Å². The van der Waals surface area contributed by atoms with Crippen LogP contribution in [0.15, 0.2) is 39.6 Å². The number of nitrogens with one attached hydrogen (secondary N) is 3. The van der Waals surface area contributed by atoms with Crippen molar-refractivity contribution in [3.63, 3.8) is 0 Å². The van der Waals surface area contributed by atoms with E-state index >= 15 is 0 Å². The van der Waals surface area contributed by atoms with Gasteiger partial charge >= 0.3 is 6.03 Å². The van der Waals surface area contributed by atoms with Gasteiger partial charge in [-0.15, -0.1) is 0 Å². The minimum Gasteiger partial charge on any atom is -0.467 e. The first-order valence-electron chi connectivity index (χ1n) is 6.44. The smallest absolute Gasteiger partial charge is 0.315 e. The summed E-state index contributed by atoms with van der Waals surface area (Å²) in [4.78, 5) is 23.2. The van der Waals surface area contributed by atoms with E-state index in [9.17, 15) is 9.59 Å². The van der Waals surface area contributed by atoms with E-state index in [0.29, 0.717) is 5.76 Å². The average molecular weight is 318 g/mol. The molecule has 0 aromatic carbocycles. The normalized spacial score (nSPS) is 11.2. The van der Waals surface area contributed by atoms with Crippen LogP contribution in [0.3, 0.4) is 0 Å². The first-order valence-corrected chi connectivity index (χ1v) is 7.38. The third-order valence-corrected chi connectivity index (χ3v) is 3.43. The lowest BCUT2D eigenvalue weighted by Crippen LogP contribution is -2.42. The SMILES string of the molecule is N#C[C@@H](NC(=O)CNC(=O)NCc1ccco1)c1ccsc1. The highest BCUT2D eigenvalue weighted by Gasteiger charge is 2.14. The molecule has 0 radical (unpaired) electrons. The van der Waals surface area contributed by atoms with Gasteiger partial charge in [-0.25, -0.2) is 4.79 Å². The Balaban J connectivity index is 1.70. The van der Waals surface area contributed by atoms with Gasteiger partial charge in [-0.05, 0) is 34.5 Å². The first kappa shape index (κ1) is 15.6. The summed E-state index contributed by atoms with van der Waals surface area (Å²) in [5.41, 5.74) is 0.725. The lowest BCUT2D eigenvalue weighted by molar-refractivity contribution is -0.120. The predicted molar refractivity (Wildman–Crippen MR) is 79.8 cm³/mol. The predicted octanol–water partition coefficient (Wildman–Crippen LogP) is 1.52. The Morgan fingerprint density at radius 3 is 2.86 bits per heavy atom. The van der Waals surface area contributed by atoms with E-state index < -0.39 is 18.0 Å². The average Bonchev–Trinajstić information content (AvgIpc) is 3.21. The molecule has 0 spiro atoms. The molecule has 1 atom stereocenters. The highest BCUT2D eigenvalue weighted by molar-refractivity contribution is 7.08. The number of nitrogens with zero attached hydrogens (tertiary/aromatic N) is 1. The van der Waals surface area contributed by atoms with Crippen LogP contribution >= 0.6 is 11.3 Å². The molecule has 22 heavy (non-hydrogen) atoms. The van der Waals surface area contributed by atoms with Crippen LogP contribution in [0.25, 0.3) is 0 Å². The zero-order chi connectivity index (χ0) is 15.8. The van der Waals surface area contributed by atoms with Gasteiger partial charge in [-0.3, -0.25) is 4.79 Å². The molecule has 3 N–H and O–H groups in total. The van der Waals surface area contributed by atoms with Crippen molar-refractivity contribution in [2.45, 2.75) is 12.6 Å². The zero-order valence-corrected chi connectivity index (χ0v) is 12.4. The van der Waals surface area contributed by atoms with Crippen molar-refractivity contribution in [3.8, 4) is 6.07 Å². The second-order valence-electron chi connectivity index (χ2n) is 4.30. The first-order chi connectivity index (χ1) is 10.7. The van der Waals surface area contributed by atoms with Gasteiger partial charge in [0.25, 0.3) is 0 Å². The molecule has 8 heteroatoms. The van der Waals surface area contributed by atoms with Gasteiger partial charge in [0.15, 0.2) is 0 Å². The zero-order valence-electron chi connectivity index (χ0n) is 11.5. The summed E-state index contributed by atoms with van der Waals surface area (Å²) < 4.78 is 5.06. The van der Waals surface area contributed by atoms with Gasteiger partial charge in [0, 0.05) is 0 Å². The summed E-state index contributed by atoms with van der Waals surface area (Å²) in [5, 5.41) is 20.2. The largest absolute Gasteiger partial charge is 0.467 e. The van der Waals surface area contributed by atoms with Crippen LogP contribution in [0.1, 0.15) is 17.4 Å². The molecule has 0 unspecified atom stereocenters. The number of urea groups is 1. The molecule has 3 amide bonds. The van der Waals surface area contributed by atoms with Gasteiger partial charge in [-0.1, -0.05) is 0 Å². The molecular weight excluding hydrogens is 304 g/mol. The Kier molecular flexibility index (Phi) is 5.57. The topological polar surface area (TPSA) is 107 Å². The number of thiophene rings is 1. The number of amides is 3. The maximum atomic E-state index is 11.7. The fourth-order valence-electron chi connectivity index (χ4n) is 1.65. The van der Waals surface area contributed by atoms with E-state index in [4.69, 9.17) is 9.68 Å². The molecule has 2 aromatic rings. The number of carbonyl (C=O) groups excluding carboxylic acids is 2. The quantitative estimate of drug-likeness (QED) is 0.750. The molecule has 0 aliphatic rings. The summed E-state index contributed by atoms with van der Waals surface area (Å²) in [6, 6.07) is 6.01. The highest BCUT2D eigenvalue weighted by Crippen LogP contribution is 2.15. The van der Waals surface area contributed by atoms with Crippen LogP contribution in [-0.4, -0.2) is 18.5 Å². The van der Waals surface area contributed by atoms with E-state index in [0.717, 1.165) is 5.56 Å². The third-order valence-electron chi connectivity index (χ3n) is 2.72. The number of hydrogen-bond acceptors (Lipinski definition) is 5. The van der Waals surface area contributed by atoms with Crippen LogP contribution in [0.4, 0.5) is 4.79 Å². The van der Waals surface area contributed by atoms with Gasteiger partial charge in [0.2, 0.25) is 5.91 Å². The lowest BCUT2D eigenvalue weighted by Gasteiger charge is -2.11. The van der Waals surface area contributed by atoms with E-state index in [1.54, 1.807) is 23.6 Å². The van der Waals surface area contributed by atoms with Gasteiger partial charge < -0.3 is 20.4 Å². The van der Waals surface area contributed by atoms with E-state index in [-0.39, 0.29) is 13.1 Å². The third kappa shape index (κ3) is 4.64. The minimum atomic E-state index is -0.716. The van der Waals surface area contributed by atoms with Crippen LogP contribution in [0.2, 0.25) is 0 Å². The van der Waals surface area contributed by atoms with Crippen molar-refractivity contribution >= 4 is 23.3 Å². The van der Waals surface area contributed by atoms with E-state index in [1.165, 1.54) is 17.6 Å². The van der Waals surface area contributed by atoms with Crippen molar-refractivity contribution < 1.29 is 14.0 Å². The summed E-state index contributed by atoms with van der Waals surface area (Å²) in [7, 11) is 0. The molecule has 0 aliphatic heterocycles. The minimum absolute atomic E-state index is 0.216. The van der Waals surface area contributed by atoms with Crippen LogP contribution in [0.5, 0.6) is 0 Å². The Morgan fingerprint density at radius 2 is 2.23 bits per heavy atom. The molecule has 0 saturated heterocycles. The number of rotatable bonds is 6.